The first-order valence-electron chi connectivity index (χ1n) is 21.7. The van der Waals surface area contributed by atoms with E-state index in [-0.39, 0.29) is 202 Å². The molecule has 3 heterocycles. The number of ether oxygens (including phenoxy) is 1. The quantitative estimate of drug-likeness (QED) is 0.0615. The molecule has 0 aromatic carbocycles. The number of nitrogens with one attached hydrogen (secondary N) is 3. The molecule has 8 N–H and O–H groups in total. The Balaban J connectivity index is 0.000000378. The number of hydrogen-bond acceptors (Lipinski definition) is 15. The number of aliphatic hydroxyl groups excluding tert-OH is 1. The van der Waals surface area contributed by atoms with Crippen molar-refractivity contribution in [2.75, 3.05) is 32.0 Å². The largest absolute Gasteiger partial charge is 1.00 e. The van der Waals surface area contributed by atoms with Gasteiger partial charge in [0, 0.05) is 70.6 Å². The van der Waals surface area contributed by atoms with Crippen LogP contribution in [-0.2, 0) is 4.74 Å². The van der Waals surface area contributed by atoms with Gasteiger partial charge in [-0.15, -0.1) is 0 Å². The summed E-state index contributed by atoms with van der Waals surface area (Å²) in [5, 5.41) is 24.4. The van der Waals surface area contributed by atoms with E-state index < -0.39 is 29.7 Å². The number of nitrogens with zero attached hydrogens (tertiary/aromatic N) is 9. The Bertz CT molecular complexity index is 2010. The van der Waals surface area contributed by atoms with Gasteiger partial charge < -0.3 is 37.1 Å². The van der Waals surface area contributed by atoms with Crippen LogP contribution in [0, 0.1) is 0 Å². The van der Waals surface area contributed by atoms with Gasteiger partial charge in [0.25, 0.3) is 0 Å². The van der Waals surface area contributed by atoms with Crippen LogP contribution in [0.4, 0.5) is 47.0 Å². The van der Waals surface area contributed by atoms with Crippen LogP contribution in [0.25, 0.3) is 11.5 Å². The molecule has 0 radical (unpaired) electrons. The second-order valence-corrected chi connectivity index (χ2v) is 16.9. The van der Waals surface area contributed by atoms with E-state index in [9.17, 15) is 39.9 Å². The summed E-state index contributed by atoms with van der Waals surface area (Å²) in [6, 6.07) is -0.935. The molecule has 0 aliphatic heterocycles. The number of hydrogen-bond donors (Lipinski definition) is 6. The van der Waals surface area contributed by atoms with Gasteiger partial charge in [-0.2, -0.15) is 22.1 Å². The van der Waals surface area contributed by atoms with Crippen LogP contribution >= 0.6 is 23.2 Å². The van der Waals surface area contributed by atoms with Crippen LogP contribution in [0.15, 0.2) is 34.8 Å². The first-order chi connectivity index (χ1) is 32.6. The fourth-order valence-corrected chi connectivity index (χ4v) is 7.54. The fraction of sp³-hybridized carbons (Fsp3) is 0.659. The van der Waals surface area contributed by atoms with Gasteiger partial charge in [0.15, 0.2) is 23.4 Å². The molecule has 386 valence electrons. The summed E-state index contributed by atoms with van der Waals surface area (Å²) in [6.45, 7) is 0. The molecule has 0 unspecified atom stereocenters. The Morgan fingerprint density at radius 2 is 0.986 bits per heavy atom. The van der Waals surface area contributed by atoms with Gasteiger partial charge in [-0.1, -0.05) is 23.2 Å². The second kappa shape index (κ2) is 29.4. The van der Waals surface area contributed by atoms with Crippen molar-refractivity contribution >= 4 is 53.0 Å². The zero-order valence-corrected chi connectivity index (χ0v) is 42.6. The number of esters is 1. The Hall–Kier alpha value is -4.08. The van der Waals surface area contributed by atoms with Crippen LogP contribution < -0.4 is 62.1 Å². The zero-order valence-electron chi connectivity index (χ0n) is 39.1. The van der Waals surface area contributed by atoms with Gasteiger partial charge >= 0.3 is 35.5 Å². The third-order valence-electron chi connectivity index (χ3n) is 10.8. The molecule has 4 aliphatic carbocycles. The molecule has 3 aromatic heterocycles. The van der Waals surface area contributed by atoms with Crippen molar-refractivity contribution in [2.45, 2.75) is 151 Å². The van der Waals surface area contributed by atoms with E-state index in [0.717, 1.165) is 14.2 Å². The Labute approximate surface area is 431 Å². The van der Waals surface area contributed by atoms with Crippen molar-refractivity contribution in [3.8, 4) is 11.5 Å². The maximum absolute atomic E-state index is 13.5. The molecular weight excluding hydrogens is 998 g/mol. The summed E-state index contributed by atoms with van der Waals surface area (Å²) < 4.78 is 110. The molecule has 0 spiro atoms. The number of guanidine groups is 2. The van der Waals surface area contributed by atoms with E-state index >= 15 is 0 Å². The fourth-order valence-electron chi connectivity index (χ4n) is 7.25. The summed E-state index contributed by atoms with van der Waals surface area (Å²) in [5.41, 5.74) is 11.8. The molecule has 0 saturated heterocycles. The van der Waals surface area contributed by atoms with Crippen LogP contribution in [-0.4, -0.2) is 127 Å². The third kappa shape index (κ3) is 22.6. The number of nitrogens with two attached hydrogens (primary N) is 2. The van der Waals surface area contributed by atoms with Crippen molar-refractivity contribution in [1.29, 1.82) is 0 Å². The number of aromatic nitrogens is 7. The number of aliphatic hydroxyl groups is 1. The minimum Gasteiger partial charge on any atom is -0.857 e. The van der Waals surface area contributed by atoms with E-state index in [1.54, 1.807) is 0 Å². The number of aliphatic imine (C=N–C) groups is 2. The molecule has 4 fully saturated rings. The van der Waals surface area contributed by atoms with Crippen molar-refractivity contribution in [1.82, 2.24) is 40.2 Å². The van der Waals surface area contributed by atoms with E-state index in [1.165, 1.54) is 31.9 Å². The molecule has 7 rings (SSSR count). The van der Waals surface area contributed by atoms with Gasteiger partial charge in [-0.25, -0.2) is 59.9 Å². The number of carbonyl (C=O) groups is 1. The van der Waals surface area contributed by atoms with E-state index in [4.69, 9.17) is 44.9 Å². The molecule has 3 aromatic rings. The van der Waals surface area contributed by atoms with Crippen LogP contribution in [0.5, 0.6) is 0 Å². The van der Waals surface area contributed by atoms with E-state index in [1.807, 2.05) is 0 Å². The van der Waals surface area contributed by atoms with Crippen molar-refractivity contribution < 1.29 is 84.4 Å². The number of methoxy groups -OCH3 is 1. The average Bonchev–Trinajstić information content (AvgIpc) is 3.30. The maximum Gasteiger partial charge on any atom is 1.00 e. The van der Waals surface area contributed by atoms with Crippen LogP contribution in [0.2, 0.25) is 10.3 Å². The summed E-state index contributed by atoms with van der Waals surface area (Å²) in [4.78, 5) is 47.5. The molecule has 70 heavy (non-hydrogen) atoms. The SMILES string of the molecule is CO.COC(=O)c1cncc(Cl)n1.C[O-].FC1(F)CCC(Nc2nc(NC3CCC(F)(F)CC3)nc(-c3cncc(Cl)n3)n2)CC1.NC(=NC1CCC(F)(F)CC1)NC(N)=NC1CCC(F)(F)CC1.[Na+]. The summed E-state index contributed by atoms with van der Waals surface area (Å²) >= 11 is 11.4. The number of rotatable bonds is 8. The summed E-state index contributed by atoms with van der Waals surface area (Å²) in [5.74, 6) is -10.4. The first kappa shape index (κ1) is 62.0. The number of alkyl halides is 8. The van der Waals surface area contributed by atoms with Crippen molar-refractivity contribution in [3.63, 3.8) is 0 Å². The minimum absolute atomic E-state index is 0. The zero-order chi connectivity index (χ0) is 51.4. The maximum atomic E-state index is 13.5. The van der Waals surface area contributed by atoms with Crippen LogP contribution in [0.3, 0.4) is 0 Å². The summed E-state index contributed by atoms with van der Waals surface area (Å²) in [7, 11) is 3.02. The Morgan fingerprint density at radius 1 is 0.629 bits per heavy atom. The minimum atomic E-state index is -2.64. The van der Waals surface area contributed by atoms with Crippen molar-refractivity contribution in [2.24, 2.45) is 21.5 Å². The smallest absolute Gasteiger partial charge is 0.857 e. The number of anilines is 2. The molecular formula is C41H57Cl2F8N14NaO4. The van der Waals surface area contributed by atoms with Gasteiger partial charge in [-0.05, 0) is 51.4 Å². The van der Waals surface area contributed by atoms with Crippen molar-refractivity contribution in [3.05, 3.63) is 40.8 Å². The standard InChI is InChI=1S/C19H22ClF4N7.C14H23F4N5.C6H5ClN2O2.CH4O.CH3O.Na/c20-14-10-25-9-13(28-14)15-29-16(26-11-1-5-18(21,22)6-2-11)31-17(30-15)27-12-3-7-19(23,24)8-4-12;15-13(16)5-1-9(2-6-13)21-11(19)23-12(20)22-10-3-7-14(17,18)8-4-10;1-11-6(10)4-2-8-3-5(7)9-4;2*1-2;/h9-12H,1-8H2,(H2,26,27,29,30,31);9-10H,1-8H2,(H5,19,20,21,22,23);2-3H,1H3;2H,1H3;1H3;/q;;;;-1;+1. The topological polar surface area (TPSA) is 273 Å². The first-order valence-corrected chi connectivity index (χ1v) is 22.5. The van der Waals surface area contributed by atoms with Gasteiger partial charge in [0.1, 0.15) is 16.0 Å². The Kier molecular flexibility index (Phi) is 26.1. The molecule has 29 heteroatoms. The predicted molar refractivity (Wildman–Crippen MR) is 241 cm³/mol. The molecule has 4 aliphatic rings. The molecule has 0 amide bonds. The van der Waals surface area contributed by atoms with Gasteiger partial charge in [0.05, 0.1) is 44.0 Å². The number of carbonyl (C=O) groups excluding carboxylic acids is 1. The average molecular weight is 1060 g/mol. The number of halogens is 10. The predicted octanol–water partition coefficient (Wildman–Crippen LogP) is 3.83. The van der Waals surface area contributed by atoms with E-state index in [2.05, 4.69) is 65.6 Å². The molecule has 0 atom stereocenters. The van der Waals surface area contributed by atoms with Crippen LogP contribution in [0.1, 0.15) is 113 Å². The molecule has 18 nitrogen and oxygen atoms in total. The second-order valence-electron chi connectivity index (χ2n) is 16.1. The summed E-state index contributed by atoms with van der Waals surface area (Å²) in [6.07, 6.45) is 6.03. The monoisotopic (exact) mass is 1050 g/mol. The third-order valence-corrected chi connectivity index (χ3v) is 11.2. The normalized spacial score (nSPS) is 20.0. The van der Waals surface area contributed by atoms with Gasteiger partial charge in [0.2, 0.25) is 35.6 Å². The Morgan fingerprint density at radius 3 is 1.34 bits per heavy atom. The van der Waals surface area contributed by atoms with Gasteiger partial charge in [-0.3, -0.25) is 15.3 Å². The molecule has 0 bridgehead atoms. The molecule has 4 saturated carbocycles. The van der Waals surface area contributed by atoms with E-state index in [0.29, 0.717) is 5.69 Å².